The van der Waals surface area contributed by atoms with Crippen LogP contribution in [0.2, 0.25) is 0 Å². The lowest BCUT2D eigenvalue weighted by Crippen LogP contribution is -2.23. The molecule has 0 bridgehead atoms. The van der Waals surface area contributed by atoms with E-state index in [4.69, 9.17) is 0 Å². The van der Waals surface area contributed by atoms with Crippen LogP contribution in [0, 0.1) is 0 Å². The molecular weight excluding hydrogens is 271 g/mol. The van der Waals surface area contributed by atoms with Crippen molar-refractivity contribution in [3.63, 3.8) is 0 Å². The lowest BCUT2D eigenvalue weighted by molar-refractivity contribution is -0.173. The third-order valence-electron chi connectivity index (χ3n) is 2.98. The van der Waals surface area contributed by atoms with Gasteiger partial charge in [0.2, 0.25) is 0 Å². The molecule has 0 saturated carbocycles. The Kier molecular flexibility index (Phi) is 7.01. The normalized spacial score (nSPS) is 12.3. The molecule has 0 unspecified atom stereocenters. The van der Waals surface area contributed by atoms with E-state index in [1.165, 1.54) is 0 Å². The van der Waals surface area contributed by atoms with E-state index in [0.717, 1.165) is 18.5 Å². The number of rotatable bonds is 9. The first-order valence-electron chi connectivity index (χ1n) is 6.85. The molecule has 0 spiro atoms. The fourth-order valence-corrected chi connectivity index (χ4v) is 1.89. The molecule has 1 aromatic heterocycles. The van der Waals surface area contributed by atoms with Crippen molar-refractivity contribution >= 4 is 0 Å². The summed E-state index contributed by atoms with van der Waals surface area (Å²) in [7, 11) is 0. The van der Waals surface area contributed by atoms with E-state index in [1.54, 1.807) is 0 Å². The summed E-state index contributed by atoms with van der Waals surface area (Å²) in [4.78, 5) is 0. The van der Waals surface area contributed by atoms with Crippen LogP contribution in [0.4, 0.5) is 13.2 Å². The number of hydrogen-bond acceptors (Lipinski definition) is 3. The Labute approximate surface area is 117 Å². The fourth-order valence-electron chi connectivity index (χ4n) is 1.89. The van der Waals surface area contributed by atoms with Gasteiger partial charge in [-0.2, -0.15) is 18.3 Å². The van der Waals surface area contributed by atoms with Gasteiger partial charge >= 0.3 is 6.18 Å². The van der Waals surface area contributed by atoms with Gasteiger partial charge in [0.1, 0.15) is 6.61 Å². The monoisotopic (exact) mass is 293 g/mol. The third kappa shape index (κ3) is 6.38. The van der Waals surface area contributed by atoms with Gasteiger partial charge in [-0.3, -0.25) is 4.68 Å². The number of nitrogens with one attached hydrogen (secondary N) is 1. The van der Waals surface area contributed by atoms with Crippen LogP contribution in [-0.2, 0) is 11.3 Å². The molecule has 1 rings (SSSR count). The minimum atomic E-state index is -4.26. The first-order valence-corrected chi connectivity index (χ1v) is 6.85. The zero-order valence-electron chi connectivity index (χ0n) is 11.9. The number of alkyl halides is 3. The zero-order chi connectivity index (χ0) is 15.0. The Morgan fingerprint density at radius 3 is 2.65 bits per heavy atom. The van der Waals surface area contributed by atoms with E-state index in [-0.39, 0.29) is 6.61 Å². The molecule has 0 atom stereocenters. The molecule has 0 aliphatic carbocycles. The average Bonchev–Trinajstić information content (AvgIpc) is 2.83. The average molecular weight is 293 g/mol. The molecule has 0 aromatic carbocycles. The molecule has 0 saturated heterocycles. The highest BCUT2D eigenvalue weighted by Crippen LogP contribution is 2.15. The maximum atomic E-state index is 11.8. The van der Waals surface area contributed by atoms with E-state index < -0.39 is 12.8 Å². The Hall–Kier alpha value is -1.08. The van der Waals surface area contributed by atoms with Gasteiger partial charge in [0.25, 0.3) is 0 Å². The summed E-state index contributed by atoms with van der Waals surface area (Å²) < 4.78 is 41.9. The van der Waals surface area contributed by atoms with Crippen LogP contribution in [0.3, 0.4) is 0 Å². The number of halogens is 3. The van der Waals surface area contributed by atoms with Gasteiger partial charge in [-0.05, 0) is 18.9 Å². The summed E-state index contributed by atoms with van der Waals surface area (Å²) >= 11 is 0. The molecule has 1 heterocycles. The van der Waals surface area contributed by atoms with E-state index in [9.17, 15) is 13.2 Å². The minimum Gasteiger partial charge on any atom is -0.371 e. The molecule has 7 heteroatoms. The lowest BCUT2D eigenvalue weighted by atomic mass is 10.2. The van der Waals surface area contributed by atoms with Crippen molar-refractivity contribution in [2.24, 2.45) is 0 Å². The van der Waals surface area contributed by atoms with Crippen molar-refractivity contribution in [3.05, 3.63) is 18.0 Å². The first-order chi connectivity index (χ1) is 9.46. The number of hydrogen-bond donors (Lipinski definition) is 1. The van der Waals surface area contributed by atoms with Gasteiger partial charge < -0.3 is 10.1 Å². The summed E-state index contributed by atoms with van der Waals surface area (Å²) in [5, 5.41) is 7.45. The van der Waals surface area contributed by atoms with E-state index in [0.29, 0.717) is 19.1 Å². The van der Waals surface area contributed by atoms with Gasteiger partial charge in [0, 0.05) is 19.3 Å². The van der Waals surface area contributed by atoms with Crippen LogP contribution >= 0.6 is 0 Å². The van der Waals surface area contributed by atoms with E-state index in [1.807, 2.05) is 16.9 Å². The minimum absolute atomic E-state index is 0.0345. The van der Waals surface area contributed by atoms with Crippen molar-refractivity contribution in [1.29, 1.82) is 0 Å². The highest BCUT2D eigenvalue weighted by molar-refractivity contribution is 4.99. The van der Waals surface area contributed by atoms with Gasteiger partial charge in [0.15, 0.2) is 0 Å². The number of ether oxygens (including phenoxy) is 1. The van der Waals surface area contributed by atoms with Gasteiger partial charge in [-0.1, -0.05) is 13.8 Å². The molecular formula is C13H22F3N3O. The van der Waals surface area contributed by atoms with Crippen LogP contribution in [-0.4, -0.2) is 35.7 Å². The Bertz CT molecular complexity index is 375. The maximum absolute atomic E-state index is 11.8. The molecule has 1 aromatic rings. The second-order valence-electron chi connectivity index (χ2n) is 4.60. The third-order valence-corrected chi connectivity index (χ3v) is 2.98. The van der Waals surface area contributed by atoms with Crippen LogP contribution in [0.5, 0.6) is 0 Å². The van der Waals surface area contributed by atoms with E-state index >= 15 is 0 Å². The SMILES string of the molecule is CCC(CC)n1ccc(CNCCOCC(F)(F)F)n1. The topological polar surface area (TPSA) is 39.1 Å². The largest absolute Gasteiger partial charge is 0.411 e. The smallest absolute Gasteiger partial charge is 0.371 e. The Morgan fingerprint density at radius 1 is 1.35 bits per heavy atom. The predicted octanol–water partition coefficient (Wildman–Crippen LogP) is 2.91. The maximum Gasteiger partial charge on any atom is 0.411 e. The van der Waals surface area contributed by atoms with Crippen LogP contribution < -0.4 is 5.32 Å². The summed E-state index contributed by atoms with van der Waals surface area (Å²) in [6.07, 6.45) is -0.268. The van der Waals surface area contributed by atoms with Gasteiger partial charge in [0.05, 0.1) is 18.3 Å². The highest BCUT2D eigenvalue weighted by atomic mass is 19.4. The van der Waals surface area contributed by atoms with Crippen molar-refractivity contribution in [3.8, 4) is 0 Å². The molecule has 0 aliphatic rings. The predicted molar refractivity (Wildman–Crippen MR) is 70.4 cm³/mol. The van der Waals surface area contributed by atoms with Gasteiger partial charge in [-0.25, -0.2) is 0 Å². The molecule has 0 fully saturated rings. The van der Waals surface area contributed by atoms with Crippen molar-refractivity contribution < 1.29 is 17.9 Å². The molecule has 4 nitrogen and oxygen atoms in total. The van der Waals surface area contributed by atoms with Crippen LogP contribution in [0.15, 0.2) is 12.3 Å². The molecule has 0 radical (unpaired) electrons. The first kappa shape index (κ1) is 17.0. The number of aromatic nitrogens is 2. The summed E-state index contributed by atoms with van der Waals surface area (Å²) in [6, 6.07) is 2.32. The molecule has 20 heavy (non-hydrogen) atoms. The van der Waals surface area contributed by atoms with E-state index in [2.05, 4.69) is 29.0 Å². The lowest BCUT2D eigenvalue weighted by Gasteiger charge is -2.12. The molecule has 0 aliphatic heterocycles. The number of nitrogens with zero attached hydrogens (tertiary/aromatic N) is 2. The molecule has 0 amide bonds. The van der Waals surface area contributed by atoms with Gasteiger partial charge in [-0.15, -0.1) is 0 Å². The highest BCUT2D eigenvalue weighted by Gasteiger charge is 2.27. The van der Waals surface area contributed by atoms with Crippen LogP contribution in [0.25, 0.3) is 0 Å². The zero-order valence-corrected chi connectivity index (χ0v) is 11.9. The second kappa shape index (κ2) is 8.26. The summed E-state index contributed by atoms with van der Waals surface area (Å²) in [5.41, 5.74) is 0.882. The quantitative estimate of drug-likeness (QED) is 0.712. The summed E-state index contributed by atoms with van der Waals surface area (Å²) in [5.74, 6) is 0. The standard InChI is InChI=1S/C13H22F3N3O/c1-3-12(4-2)19-7-5-11(18-19)9-17-6-8-20-10-13(14,15)16/h5,7,12,17H,3-4,6,8-10H2,1-2H3. The Balaban J connectivity index is 2.19. The fraction of sp³-hybridized carbons (Fsp3) is 0.769. The van der Waals surface area contributed by atoms with Crippen molar-refractivity contribution in [2.45, 2.75) is 45.5 Å². The molecule has 1 N–H and O–H groups in total. The molecule has 116 valence electrons. The van der Waals surface area contributed by atoms with Crippen LogP contribution in [0.1, 0.15) is 38.4 Å². The Morgan fingerprint density at radius 2 is 2.05 bits per heavy atom. The summed E-state index contributed by atoms with van der Waals surface area (Å²) in [6.45, 7) is 3.97. The van der Waals surface area contributed by atoms with Crippen molar-refractivity contribution in [2.75, 3.05) is 19.8 Å². The second-order valence-corrected chi connectivity index (χ2v) is 4.60. The van der Waals surface area contributed by atoms with Crippen molar-refractivity contribution in [1.82, 2.24) is 15.1 Å².